The molecule has 25 nitrogen and oxygen atoms in total. The number of unbranched alkanes of at least 4 members (excludes halogenated alkanes) is 4. The molecule has 3 aliphatic heterocycles. The number of fused-ring (bicyclic) bond motifs is 11. The molecule has 7 aliphatic rings. The van der Waals surface area contributed by atoms with E-state index < -0.39 is 150 Å². The Hall–Kier alpha value is -10.8. The molecule has 3 fully saturated rings. The molecule has 0 spiro atoms. The van der Waals surface area contributed by atoms with Crippen LogP contribution in [-0.2, 0) is 83.5 Å². The van der Waals surface area contributed by atoms with Gasteiger partial charge in [0.2, 0.25) is 11.8 Å². The van der Waals surface area contributed by atoms with Crippen molar-refractivity contribution >= 4 is 100 Å². The number of rotatable bonds is 31. The van der Waals surface area contributed by atoms with Crippen molar-refractivity contribution in [2.45, 2.75) is 217 Å². The summed E-state index contributed by atoms with van der Waals surface area (Å²) in [4.78, 5) is 106. The van der Waals surface area contributed by atoms with E-state index in [1.54, 1.807) is 92.7 Å². The van der Waals surface area contributed by atoms with Crippen LogP contribution in [0.25, 0.3) is 21.5 Å². The molecule has 14 rings (SSSR count). The standard InChI is InChI=1S/C99H112N4O21S2/c1-61-75(59-99(112)90(123-92(110)70-38-19-13-20-39-70)88-97(10,78(106)58-79-98(88,60-119-79)124-63(3)105)89(108)86(120-62(2)104)81(61)96(99,8)9)121-93(111)87(85(66-34-15-11-16-35-66)101-91(109)69-36-17-12-18-37-69)122-80(107)44-21-14-26-53-100-84-67(47-51-76-94(4,5)82-71-42-24-22-32-64(71)45-49-73(82)102(76)54-27-29-56-125(113,114)115)40-31-41-68(84)48-52-77-95(6,7)83-72-43-25-23-33-65(72)46-50-74(83)103(77)55-28-30-57-126(116,117)118/h11-13,15-20,22-25,32-39,42-43,45-52,75,78-79,85-88,90,106,112H,14,21,26-31,40-41,44,53-60H2,1-10H3,(H3,101,109,113,114,115,116,117,118)/p+1/b67-47+,76-51-/t75-,78-,79+,85-,86+,87+,88-,90-,97+,98-,99+/m0/s1. The Morgan fingerprint density at radius 2 is 1.29 bits per heavy atom. The third-order valence-electron chi connectivity index (χ3n) is 27.1. The minimum absolute atomic E-state index is 0.0207. The topological polar surface area (TPSA) is 354 Å². The van der Waals surface area contributed by atoms with E-state index in [0.29, 0.717) is 63.7 Å². The SMILES string of the molecule is CC(=O)O[C@H]1C(=O)[C@@]2(C)[C@H]([C@H](OC(=O)c3ccccc3)[C@]3(O)C[C@H](OC(=O)[C@H](OC(=O)CCCCCNC4=C(/C=C\C5=[N+](CCCCS(=O)(=O)O)c6ccc7ccccc7c6C5(C)C)CCC/C4=C\C=C4/N(CCCCS(=O)(=O)O)c5ccc6ccccc6c5C4(C)C)[C@@H](NC(=O)c4ccccc4)c4ccccc4)C(C)=C1C3(C)C)[C@]1(OC(C)=O)CO[C@@H]1C[C@@H]2O. The molecule has 3 heterocycles. The summed E-state index contributed by atoms with van der Waals surface area (Å²) in [6.07, 6.45) is 2.03. The number of benzene rings is 7. The molecule has 0 aromatic heterocycles. The number of carbonyl (C=O) groups excluding carboxylic acids is 7. The molecule has 2 bridgehead atoms. The van der Waals surface area contributed by atoms with Gasteiger partial charge < -0.3 is 54.2 Å². The lowest BCUT2D eigenvalue weighted by Crippen LogP contribution is -2.82. The van der Waals surface area contributed by atoms with Gasteiger partial charge in [-0.3, -0.25) is 33.1 Å². The molecule has 1 amide bonds. The number of hydrogen-bond donors (Lipinski definition) is 6. The third-order valence-corrected chi connectivity index (χ3v) is 28.7. The van der Waals surface area contributed by atoms with E-state index in [2.05, 4.69) is 121 Å². The van der Waals surface area contributed by atoms with Crippen molar-refractivity contribution in [3.05, 3.63) is 250 Å². The van der Waals surface area contributed by atoms with E-state index in [4.69, 9.17) is 28.4 Å². The van der Waals surface area contributed by atoms with Crippen LogP contribution in [0.5, 0.6) is 0 Å². The lowest BCUT2D eigenvalue weighted by molar-refractivity contribution is -0.438. The van der Waals surface area contributed by atoms with Crippen LogP contribution in [0.1, 0.15) is 196 Å². The summed E-state index contributed by atoms with van der Waals surface area (Å²) in [6, 6.07) is 47.8. The van der Waals surface area contributed by atoms with Crippen LogP contribution in [0.2, 0.25) is 0 Å². The van der Waals surface area contributed by atoms with E-state index in [1.165, 1.54) is 26.0 Å². The highest BCUT2D eigenvalue weighted by molar-refractivity contribution is 7.86. The number of esters is 5. The monoisotopic (exact) mass is 1760 g/mol. The quantitative estimate of drug-likeness (QED) is 0.00587. The second kappa shape index (κ2) is 36.5. The Kier molecular flexibility index (Phi) is 26.5. The predicted octanol–water partition coefficient (Wildman–Crippen LogP) is 14.8. The van der Waals surface area contributed by atoms with Gasteiger partial charge in [-0.05, 0) is 176 Å². The summed E-state index contributed by atoms with van der Waals surface area (Å²) < 4.78 is 108. The Morgan fingerprint density at radius 1 is 0.667 bits per heavy atom. The maximum Gasteiger partial charge on any atom is 0.350 e. The molecule has 2 saturated carbocycles. The molecular weight excluding hydrogens is 1650 g/mol. The zero-order chi connectivity index (χ0) is 90.2. The van der Waals surface area contributed by atoms with Crippen LogP contribution < -0.4 is 15.5 Å². The van der Waals surface area contributed by atoms with Crippen molar-refractivity contribution < 1.29 is 103 Å². The fourth-order valence-electron chi connectivity index (χ4n) is 20.8. The van der Waals surface area contributed by atoms with Gasteiger partial charge in [0.15, 0.2) is 23.2 Å². The van der Waals surface area contributed by atoms with Crippen LogP contribution in [0.3, 0.4) is 0 Å². The number of aliphatic hydroxyl groups is 2. The summed E-state index contributed by atoms with van der Waals surface area (Å²) in [5.41, 5.74) is 0.325. The average molecular weight is 1760 g/mol. The lowest BCUT2D eigenvalue weighted by atomic mass is 9.44. The van der Waals surface area contributed by atoms with Crippen molar-refractivity contribution in [2.24, 2.45) is 16.7 Å². The maximum absolute atomic E-state index is 16.2. The highest BCUT2D eigenvalue weighted by Gasteiger charge is 2.78. The van der Waals surface area contributed by atoms with Gasteiger partial charge in [0.1, 0.15) is 36.5 Å². The molecule has 7 aromatic carbocycles. The van der Waals surface area contributed by atoms with Gasteiger partial charge in [-0.2, -0.15) is 21.4 Å². The highest BCUT2D eigenvalue weighted by atomic mass is 32.2. The number of hydrogen-bond acceptors (Lipinski definition) is 21. The number of ketones is 1. The van der Waals surface area contributed by atoms with Crippen LogP contribution in [-0.4, -0.2) is 174 Å². The number of Topliss-reactive ketones (excluding diaryl/α,β-unsaturated/α-hetero) is 1. The van der Waals surface area contributed by atoms with E-state index in [-0.39, 0.29) is 72.5 Å². The number of aliphatic hydroxyl groups excluding tert-OH is 1. The van der Waals surface area contributed by atoms with Gasteiger partial charge in [-0.15, -0.1) is 0 Å². The molecule has 126 heavy (non-hydrogen) atoms. The van der Waals surface area contributed by atoms with Crippen LogP contribution in [0, 0.1) is 16.7 Å². The van der Waals surface area contributed by atoms with E-state index in [1.807, 2.05) is 24.3 Å². The zero-order valence-electron chi connectivity index (χ0n) is 72.9. The normalized spacial score (nSPS) is 25.2. The Morgan fingerprint density at radius 3 is 1.92 bits per heavy atom. The Labute approximate surface area is 735 Å². The number of amides is 1. The molecule has 666 valence electrons. The van der Waals surface area contributed by atoms with E-state index >= 15 is 14.4 Å². The number of nitrogens with one attached hydrogen (secondary N) is 2. The van der Waals surface area contributed by atoms with Gasteiger partial charge in [-0.25, -0.2) is 9.59 Å². The molecule has 27 heteroatoms. The second-order valence-electron chi connectivity index (χ2n) is 36.2. The minimum Gasteiger partial charge on any atom is -0.455 e. The summed E-state index contributed by atoms with van der Waals surface area (Å²) >= 11 is 0. The molecule has 0 radical (unpaired) electrons. The molecule has 0 unspecified atom stereocenters. The zero-order valence-corrected chi connectivity index (χ0v) is 74.5. The van der Waals surface area contributed by atoms with Crippen molar-refractivity contribution in [1.82, 2.24) is 10.6 Å². The molecule has 4 aliphatic carbocycles. The van der Waals surface area contributed by atoms with Gasteiger partial charge in [0, 0.05) is 104 Å². The molecule has 11 atom stereocenters. The number of nitrogens with zero attached hydrogens (tertiary/aromatic N) is 2. The smallest absolute Gasteiger partial charge is 0.350 e. The van der Waals surface area contributed by atoms with Crippen LogP contribution in [0.15, 0.2) is 222 Å². The number of allylic oxidation sites excluding steroid dienone is 7. The lowest BCUT2D eigenvalue weighted by Gasteiger charge is -2.67. The Bertz CT molecular complexity index is 5860. The molecule has 6 N–H and O–H groups in total. The highest BCUT2D eigenvalue weighted by Crippen LogP contribution is 2.65. The van der Waals surface area contributed by atoms with Gasteiger partial charge >= 0.3 is 29.8 Å². The van der Waals surface area contributed by atoms with E-state index in [9.17, 15) is 55.3 Å². The van der Waals surface area contributed by atoms with Gasteiger partial charge in [-0.1, -0.05) is 168 Å². The fourth-order valence-corrected chi connectivity index (χ4v) is 21.9. The van der Waals surface area contributed by atoms with Crippen molar-refractivity contribution in [3.63, 3.8) is 0 Å². The fraction of sp³-hybridized carbons (Fsp3) is 0.434. The summed E-state index contributed by atoms with van der Waals surface area (Å²) in [5, 5.41) is 38.1. The molecule has 7 aromatic rings. The molecular formula is C99H113N4O21S2+. The maximum atomic E-state index is 16.2. The number of ether oxygens (including phenoxy) is 6. The largest absolute Gasteiger partial charge is 0.455 e. The summed E-state index contributed by atoms with van der Waals surface area (Å²) in [5.74, 6) is -8.81. The molecule has 1 saturated heterocycles. The first-order valence-electron chi connectivity index (χ1n) is 43.5. The average Bonchev–Trinajstić information content (AvgIpc) is 0.840. The number of carbonyl (C=O) groups is 7. The predicted molar refractivity (Wildman–Crippen MR) is 477 cm³/mol. The van der Waals surface area contributed by atoms with Crippen molar-refractivity contribution in [1.29, 1.82) is 0 Å². The summed E-state index contributed by atoms with van der Waals surface area (Å²) in [6.45, 7) is 18.0. The minimum atomic E-state index is -4.21. The van der Waals surface area contributed by atoms with E-state index in [0.717, 1.165) is 92.6 Å². The summed E-state index contributed by atoms with van der Waals surface area (Å²) in [7, 11) is -8.41. The van der Waals surface area contributed by atoms with Gasteiger partial charge in [0.25, 0.3) is 26.1 Å². The first kappa shape index (κ1) is 91.4. The number of anilines is 1. The Balaban J connectivity index is 0.791. The first-order chi connectivity index (χ1) is 59.8. The van der Waals surface area contributed by atoms with Crippen LogP contribution in [0.4, 0.5) is 11.4 Å². The van der Waals surface area contributed by atoms with Crippen LogP contribution >= 0.6 is 0 Å². The van der Waals surface area contributed by atoms with Gasteiger partial charge in [0.05, 0.1) is 46.5 Å². The van der Waals surface area contributed by atoms with Crippen molar-refractivity contribution in [3.8, 4) is 0 Å². The third kappa shape index (κ3) is 18.0. The first-order valence-corrected chi connectivity index (χ1v) is 46.7. The van der Waals surface area contributed by atoms with Crippen molar-refractivity contribution in [2.75, 3.05) is 42.6 Å². The second-order valence-corrected chi connectivity index (χ2v) is 39.3.